The molecule has 1 atom stereocenters. The number of aryl methyl sites for hydroxylation is 1. The fourth-order valence-corrected chi connectivity index (χ4v) is 1.42. The van der Waals surface area contributed by atoms with Gasteiger partial charge < -0.3 is 10.6 Å². The van der Waals surface area contributed by atoms with Gasteiger partial charge in [-0.05, 0) is 26.0 Å². The second kappa shape index (κ2) is 8.08. The van der Waals surface area contributed by atoms with Crippen LogP contribution in [0.15, 0.2) is 6.07 Å². The molecule has 0 aliphatic heterocycles. The van der Waals surface area contributed by atoms with Crippen molar-refractivity contribution in [1.82, 2.24) is 20.8 Å². The average molecular weight is 261 g/mol. The number of aromatic amines is 1. The van der Waals surface area contributed by atoms with E-state index in [4.69, 9.17) is 0 Å². The van der Waals surface area contributed by atoms with Gasteiger partial charge in [-0.1, -0.05) is 13.8 Å². The molecule has 0 spiro atoms. The van der Waals surface area contributed by atoms with Gasteiger partial charge in [0.2, 0.25) is 0 Å². The Morgan fingerprint density at radius 3 is 2.76 bits per heavy atom. The van der Waals surface area contributed by atoms with Crippen molar-refractivity contribution in [3.8, 4) is 0 Å². The summed E-state index contributed by atoms with van der Waals surface area (Å²) in [5.74, 6) is -0.124. The van der Waals surface area contributed by atoms with Gasteiger partial charge in [-0.2, -0.15) is 5.10 Å². The van der Waals surface area contributed by atoms with E-state index in [0.29, 0.717) is 12.2 Å². The molecule has 0 fully saturated rings. The number of H-pyrrole nitrogens is 1. The molecule has 1 aromatic heterocycles. The highest BCUT2D eigenvalue weighted by Crippen LogP contribution is 1.99. The number of rotatable bonds is 6. The van der Waals surface area contributed by atoms with E-state index in [1.54, 1.807) is 6.07 Å². The second-order valence-corrected chi connectivity index (χ2v) is 3.80. The Balaban J connectivity index is 0.00000256. The van der Waals surface area contributed by atoms with Crippen LogP contribution < -0.4 is 10.6 Å². The van der Waals surface area contributed by atoms with Crippen LogP contribution in [-0.2, 0) is 6.42 Å². The van der Waals surface area contributed by atoms with Gasteiger partial charge in [-0.25, -0.2) is 0 Å². The summed E-state index contributed by atoms with van der Waals surface area (Å²) in [6.45, 7) is 7.61. The molecule has 17 heavy (non-hydrogen) atoms. The lowest BCUT2D eigenvalue weighted by molar-refractivity contribution is 0.0945. The van der Waals surface area contributed by atoms with Gasteiger partial charge in [-0.15, -0.1) is 12.4 Å². The summed E-state index contributed by atoms with van der Waals surface area (Å²) in [6.07, 6.45) is 0.855. The zero-order valence-corrected chi connectivity index (χ0v) is 11.4. The normalized spacial score (nSPS) is 11.7. The molecule has 0 unspecified atom stereocenters. The van der Waals surface area contributed by atoms with Crippen LogP contribution in [0.2, 0.25) is 0 Å². The molecule has 1 amide bonds. The van der Waals surface area contributed by atoms with E-state index >= 15 is 0 Å². The fourth-order valence-electron chi connectivity index (χ4n) is 1.42. The van der Waals surface area contributed by atoms with Crippen LogP contribution in [0, 0.1) is 0 Å². The van der Waals surface area contributed by atoms with Crippen LogP contribution in [0.5, 0.6) is 0 Å². The summed E-state index contributed by atoms with van der Waals surface area (Å²) >= 11 is 0. The van der Waals surface area contributed by atoms with Crippen molar-refractivity contribution in [3.63, 3.8) is 0 Å². The number of nitrogens with zero attached hydrogens (tertiary/aromatic N) is 1. The molecule has 0 aromatic carbocycles. The van der Waals surface area contributed by atoms with Crippen LogP contribution in [0.3, 0.4) is 0 Å². The molecule has 0 aliphatic carbocycles. The zero-order chi connectivity index (χ0) is 12.0. The molecule has 0 bridgehead atoms. The Hall–Kier alpha value is -1.07. The van der Waals surface area contributed by atoms with Gasteiger partial charge in [0, 0.05) is 18.3 Å². The predicted octanol–water partition coefficient (Wildman–Crippen LogP) is 1.12. The zero-order valence-electron chi connectivity index (χ0n) is 10.5. The lowest BCUT2D eigenvalue weighted by atomic mass is 10.3. The third kappa shape index (κ3) is 5.19. The number of hydrogen-bond acceptors (Lipinski definition) is 3. The summed E-state index contributed by atoms with van der Waals surface area (Å²) in [4.78, 5) is 11.7. The third-order valence-electron chi connectivity index (χ3n) is 2.37. The first-order chi connectivity index (χ1) is 7.67. The van der Waals surface area contributed by atoms with Gasteiger partial charge >= 0.3 is 0 Å². The van der Waals surface area contributed by atoms with E-state index in [9.17, 15) is 4.79 Å². The van der Waals surface area contributed by atoms with E-state index in [2.05, 4.69) is 20.8 Å². The molecular formula is C11H21ClN4O. The highest BCUT2D eigenvalue weighted by molar-refractivity contribution is 5.92. The first-order valence-corrected chi connectivity index (χ1v) is 5.73. The first-order valence-electron chi connectivity index (χ1n) is 5.73. The molecule has 1 heterocycles. The van der Waals surface area contributed by atoms with Crippen LogP contribution in [-0.4, -0.2) is 35.2 Å². The van der Waals surface area contributed by atoms with E-state index in [0.717, 1.165) is 18.7 Å². The quantitative estimate of drug-likeness (QED) is 0.718. The van der Waals surface area contributed by atoms with Crippen LogP contribution in [0.4, 0.5) is 0 Å². The highest BCUT2D eigenvalue weighted by Gasteiger charge is 2.10. The van der Waals surface area contributed by atoms with Crippen molar-refractivity contribution in [2.45, 2.75) is 33.2 Å². The number of halogens is 1. The maximum Gasteiger partial charge on any atom is 0.271 e. The van der Waals surface area contributed by atoms with Crippen molar-refractivity contribution in [2.24, 2.45) is 0 Å². The number of amides is 1. The minimum atomic E-state index is -0.124. The van der Waals surface area contributed by atoms with Gasteiger partial charge in [0.1, 0.15) is 5.69 Å². The SMILES string of the molecule is CCN[C@H](C)CNC(=O)c1cc(CC)[nH]n1.Cl. The van der Waals surface area contributed by atoms with Gasteiger partial charge in [0.05, 0.1) is 0 Å². The standard InChI is InChI=1S/C11H20N4O.ClH/c1-4-9-6-10(15-14-9)11(16)13-7-8(3)12-5-2;/h6,8,12H,4-5,7H2,1-3H3,(H,13,16)(H,14,15);1H/t8-;/m1./s1. The maximum absolute atomic E-state index is 11.7. The average Bonchev–Trinajstić information content (AvgIpc) is 2.75. The largest absolute Gasteiger partial charge is 0.349 e. The third-order valence-corrected chi connectivity index (χ3v) is 2.37. The number of carbonyl (C=O) groups excluding carboxylic acids is 1. The molecular weight excluding hydrogens is 240 g/mol. The van der Waals surface area contributed by atoms with Crippen molar-refractivity contribution in [1.29, 1.82) is 0 Å². The summed E-state index contributed by atoms with van der Waals surface area (Å²) < 4.78 is 0. The minimum Gasteiger partial charge on any atom is -0.349 e. The Morgan fingerprint density at radius 1 is 1.53 bits per heavy atom. The smallest absolute Gasteiger partial charge is 0.271 e. The summed E-state index contributed by atoms with van der Waals surface area (Å²) in [6, 6.07) is 2.06. The van der Waals surface area contributed by atoms with Crippen molar-refractivity contribution < 1.29 is 4.79 Å². The van der Waals surface area contributed by atoms with Crippen molar-refractivity contribution >= 4 is 18.3 Å². The first kappa shape index (κ1) is 15.9. The van der Waals surface area contributed by atoms with Gasteiger partial charge in [0.25, 0.3) is 5.91 Å². The summed E-state index contributed by atoms with van der Waals surface area (Å²) in [5, 5.41) is 12.8. The summed E-state index contributed by atoms with van der Waals surface area (Å²) in [5.41, 5.74) is 1.44. The van der Waals surface area contributed by atoms with E-state index in [1.807, 2.05) is 20.8 Å². The molecule has 0 aliphatic rings. The van der Waals surface area contributed by atoms with E-state index < -0.39 is 0 Å². The van der Waals surface area contributed by atoms with Crippen molar-refractivity contribution in [3.05, 3.63) is 17.5 Å². The predicted molar refractivity (Wildman–Crippen MR) is 70.7 cm³/mol. The Labute approximate surface area is 108 Å². The van der Waals surface area contributed by atoms with Crippen LogP contribution in [0.25, 0.3) is 0 Å². The van der Waals surface area contributed by atoms with Crippen LogP contribution >= 0.6 is 12.4 Å². The monoisotopic (exact) mass is 260 g/mol. The van der Waals surface area contributed by atoms with Crippen molar-refractivity contribution in [2.75, 3.05) is 13.1 Å². The second-order valence-electron chi connectivity index (χ2n) is 3.80. The molecule has 1 aromatic rings. The minimum absolute atomic E-state index is 0. The topological polar surface area (TPSA) is 69.8 Å². The Kier molecular flexibility index (Phi) is 7.58. The number of nitrogens with one attached hydrogen (secondary N) is 3. The molecule has 6 heteroatoms. The molecule has 5 nitrogen and oxygen atoms in total. The fraction of sp³-hybridized carbons (Fsp3) is 0.636. The molecule has 3 N–H and O–H groups in total. The van der Waals surface area contributed by atoms with Crippen LogP contribution in [0.1, 0.15) is 37.0 Å². The van der Waals surface area contributed by atoms with E-state index in [-0.39, 0.29) is 24.4 Å². The Morgan fingerprint density at radius 2 is 2.24 bits per heavy atom. The summed E-state index contributed by atoms with van der Waals surface area (Å²) in [7, 11) is 0. The van der Waals surface area contributed by atoms with Gasteiger partial charge in [-0.3, -0.25) is 9.89 Å². The highest BCUT2D eigenvalue weighted by atomic mass is 35.5. The Bertz CT molecular complexity index is 340. The number of hydrogen-bond donors (Lipinski definition) is 3. The molecule has 98 valence electrons. The molecule has 0 radical (unpaired) electrons. The lowest BCUT2D eigenvalue weighted by Crippen LogP contribution is -2.38. The molecule has 0 saturated carbocycles. The number of carbonyl (C=O) groups is 1. The lowest BCUT2D eigenvalue weighted by Gasteiger charge is -2.12. The molecule has 0 saturated heterocycles. The maximum atomic E-state index is 11.7. The van der Waals surface area contributed by atoms with E-state index in [1.165, 1.54) is 0 Å². The number of aromatic nitrogens is 2. The number of likely N-dealkylation sites (N-methyl/N-ethyl adjacent to an activating group) is 1. The molecule has 1 rings (SSSR count). The van der Waals surface area contributed by atoms with Gasteiger partial charge in [0.15, 0.2) is 0 Å².